The van der Waals surface area contributed by atoms with E-state index in [-0.39, 0.29) is 11.4 Å². The predicted octanol–water partition coefficient (Wildman–Crippen LogP) is 3.52. The number of nitrogens with zero attached hydrogens (tertiary/aromatic N) is 2. The van der Waals surface area contributed by atoms with Crippen LogP contribution in [0.25, 0.3) is 11.3 Å². The standard InChI is InChI=1S/C17H13N3O5/c1-11-9-12(20(22)23)4-6-14(11)15-7-5-13(25-15)10-18-19-17(21)16-3-2-8-24-16/h2-10H,1H3,(H,19,21)/b18-10-. The summed E-state index contributed by atoms with van der Waals surface area (Å²) in [6.45, 7) is 1.77. The number of hydrogen-bond acceptors (Lipinski definition) is 6. The molecule has 3 aromatic rings. The van der Waals surface area contributed by atoms with Gasteiger partial charge in [-0.1, -0.05) is 0 Å². The zero-order chi connectivity index (χ0) is 17.8. The summed E-state index contributed by atoms with van der Waals surface area (Å²) in [7, 11) is 0. The Labute approximate surface area is 141 Å². The zero-order valence-corrected chi connectivity index (χ0v) is 13.1. The fraction of sp³-hybridized carbons (Fsp3) is 0.0588. The summed E-state index contributed by atoms with van der Waals surface area (Å²) in [4.78, 5) is 22.0. The number of rotatable bonds is 5. The molecule has 0 saturated carbocycles. The summed E-state index contributed by atoms with van der Waals surface area (Å²) in [6, 6.07) is 11.1. The van der Waals surface area contributed by atoms with Gasteiger partial charge in [0.05, 0.1) is 17.4 Å². The molecule has 2 heterocycles. The first kappa shape index (κ1) is 16.2. The lowest BCUT2D eigenvalue weighted by Gasteiger charge is -2.02. The van der Waals surface area contributed by atoms with E-state index in [1.54, 1.807) is 31.2 Å². The molecule has 0 aliphatic heterocycles. The number of nitro benzene ring substituents is 1. The first-order valence-electron chi connectivity index (χ1n) is 7.27. The molecule has 0 aliphatic rings. The third-order valence-corrected chi connectivity index (χ3v) is 3.42. The van der Waals surface area contributed by atoms with Crippen molar-refractivity contribution in [2.75, 3.05) is 0 Å². The number of furan rings is 2. The topological polar surface area (TPSA) is 111 Å². The van der Waals surface area contributed by atoms with Crippen molar-refractivity contribution in [3.8, 4) is 11.3 Å². The Morgan fingerprint density at radius 1 is 1.28 bits per heavy atom. The molecule has 0 fully saturated rings. The summed E-state index contributed by atoms with van der Waals surface area (Å²) in [5.74, 6) is 0.650. The largest absolute Gasteiger partial charge is 0.459 e. The van der Waals surface area contributed by atoms with Gasteiger partial charge in [-0.05, 0) is 42.8 Å². The molecule has 3 rings (SSSR count). The second-order valence-corrected chi connectivity index (χ2v) is 5.13. The number of hydrazone groups is 1. The smallest absolute Gasteiger partial charge is 0.307 e. The van der Waals surface area contributed by atoms with E-state index in [2.05, 4.69) is 10.5 Å². The number of nitrogens with one attached hydrogen (secondary N) is 1. The fourth-order valence-electron chi connectivity index (χ4n) is 2.22. The Bertz CT molecular complexity index is 941. The van der Waals surface area contributed by atoms with Crippen LogP contribution in [-0.2, 0) is 0 Å². The molecular weight excluding hydrogens is 326 g/mol. The van der Waals surface area contributed by atoms with Crippen molar-refractivity contribution < 1.29 is 18.6 Å². The van der Waals surface area contributed by atoms with Crippen LogP contribution in [0.5, 0.6) is 0 Å². The van der Waals surface area contributed by atoms with Gasteiger partial charge in [-0.2, -0.15) is 5.10 Å². The van der Waals surface area contributed by atoms with E-state index in [1.165, 1.54) is 30.7 Å². The van der Waals surface area contributed by atoms with Gasteiger partial charge in [0.25, 0.3) is 5.69 Å². The Hall–Kier alpha value is -3.68. The van der Waals surface area contributed by atoms with Gasteiger partial charge < -0.3 is 8.83 Å². The Morgan fingerprint density at radius 2 is 2.12 bits per heavy atom. The van der Waals surface area contributed by atoms with Gasteiger partial charge >= 0.3 is 5.91 Å². The molecule has 1 N–H and O–H groups in total. The van der Waals surface area contributed by atoms with Gasteiger partial charge in [0.1, 0.15) is 11.5 Å². The molecule has 8 nitrogen and oxygen atoms in total. The number of hydrogen-bond donors (Lipinski definition) is 1. The number of carbonyl (C=O) groups excluding carboxylic acids is 1. The molecule has 2 aromatic heterocycles. The van der Waals surface area contributed by atoms with E-state index < -0.39 is 10.8 Å². The van der Waals surface area contributed by atoms with Crippen molar-refractivity contribution >= 4 is 17.8 Å². The van der Waals surface area contributed by atoms with E-state index in [9.17, 15) is 14.9 Å². The first-order chi connectivity index (χ1) is 12.0. The molecule has 0 unspecified atom stereocenters. The predicted molar refractivity (Wildman–Crippen MR) is 89.3 cm³/mol. The SMILES string of the molecule is Cc1cc([N+](=O)[O-])ccc1-c1ccc(/C=N\NC(=O)c2ccco2)o1. The molecule has 0 radical (unpaired) electrons. The average molecular weight is 339 g/mol. The molecule has 0 saturated heterocycles. The maximum Gasteiger partial charge on any atom is 0.307 e. The Balaban J connectivity index is 1.71. The van der Waals surface area contributed by atoms with Crippen molar-refractivity contribution in [3.05, 3.63) is 75.9 Å². The summed E-state index contributed by atoms with van der Waals surface area (Å²) < 4.78 is 10.6. The van der Waals surface area contributed by atoms with Crippen LogP contribution < -0.4 is 5.43 Å². The minimum atomic E-state index is -0.473. The average Bonchev–Trinajstić information content (AvgIpc) is 3.26. The van der Waals surface area contributed by atoms with Crippen LogP contribution in [0.1, 0.15) is 21.9 Å². The molecule has 0 aliphatic carbocycles. The number of benzene rings is 1. The van der Waals surface area contributed by atoms with Crippen LogP contribution in [0.15, 0.2) is 62.7 Å². The van der Waals surface area contributed by atoms with E-state index >= 15 is 0 Å². The minimum Gasteiger partial charge on any atom is -0.459 e. The second kappa shape index (κ2) is 6.83. The van der Waals surface area contributed by atoms with Crippen molar-refractivity contribution in [1.82, 2.24) is 5.43 Å². The molecule has 0 spiro atoms. The van der Waals surface area contributed by atoms with E-state index in [0.717, 1.165) is 11.1 Å². The van der Waals surface area contributed by atoms with Gasteiger partial charge in [-0.25, -0.2) is 5.43 Å². The number of nitro groups is 1. The van der Waals surface area contributed by atoms with Crippen LogP contribution in [0.3, 0.4) is 0 Å². The Kier molecular flexibility index (Phi) is 4.42. The monoisotopic (exact) mass is 339 g/mol. The molecule has 8 heteroatoms. The Morgan fingerprint density at radius 3 is 2.80 bits per heavy atom. The van der Waals surface area contributed by atoms with Gasteiger partial charge in [0.15, 0.2) is 5.76 Å². The molecule has 0 atom stereocenters. The molecule has 1 aromatic carbocycles. The summed E-state index contributed by atoms with van der Waals surface area (Å²) >= 11 is 0. The highest BCUT2D eigenvalue weighted by Crippen LogP contribution is 2.28. The second-order valence-electron chi connectivity index (χ2n) is 5.13. The van der Waals surface area contributed by atoms with Gasteiger partial charge in [-0.15, -0.1) is 0 Å². The molecule has 25 heavy (non-hydrogen) atoms. The number of non-ortho nitro benzene ring substituents is 1. The summed E-state index contributed by atoms with van der Waals surface area (Å²) in [5.41, 5.74) is 3.80. The summed E-state index contributed by atoms with van der Waals surface area (Å²) in [6.07, 6.45) is 2.75. The molecular formula is C17H13N3O5. The molecule has 1 amide bonds. The highest BCUT2D eigenvalue weighted by atomic mass is 16.6. The van der Waals surface area contributed by atoms with Gasteiger partial charge in [0, 0.05) is 17.7 Å². The lowest BCUT2D eigenvalue weighted by Crippen LogP contribution is -2.16. The normalized spacial score (nSPS) is 10.9. The van der Waals surface area contributed by atoms with Crippen LogP contribution in [0.2, 0.25) is 0 Å². The molecule has 126 valence electrons. The van der Waals surface area contributed by atoms with Crippen molar-refractivity contribution in [1.29, 1.82) is 0 Å². The maximum atomic E-state index is 11.7. The summed E-state index contributed by atoms with van der Waals surface area (Å²) in [5, 5.41) is 14.6. The third-order valence-electron chi connectivity index (χ3n) is 3.42. The molecule has 0 bridgehead atoms. The van der Waals surface area contributed by atoms with Crippen molar-refractivity contribution in [3.63, 3.8) is 0 Å². The minimum absolute atomic E-state index is 0.0234. The number of carbonyl (C=O) groups is 1. The number of amides is 1. The van der Waals surface area contributed by atoms with Crippen LogP contribution in [-0.4, -0.2) is 17.0 Å². The fourth-order valence-corrected chi connectivity index (χ4v) is 2.22. The van der Waals surface area contributed by atoms with E-state index in [0.29, 0.717) is 11.5 Å². The van der Waals surface area contributed by atoms with Gasteiger partial charge in [-0.3, -0.25) is 14.9 Å². The van der Waals surface area contributed by atoms with E-state index in [4.69, 9.17) is 8.83 Å². The van der Waals surface area contributed by atoms with Gasteiger partial charge in [0.2, 0.25) is 0 Å². The van der Waals surface area contributed by atoms with Crippen LogP contribution in [0, 0.1) is 17.0 Å². The van der Waals surface area contributed by atoms with E-state index in [1.807, 2.05) is 0 Å². The van der Waals surface area contributed by atoms with Crippen molar-refractivity contribution in [2.45, 2.75) is 6.92 Å². The number of aryl methyl sites for hydroxylation is 1. The van der Waals surface area contributed by atoms with Crippen LogP contribution in [0.4, 0.5) is 5.69 Å². The quantitative estimate of drug-likeness (QED) is 0.434. The lowest BCUT2D eigenvalue weighted by atomic mass is 10.1. The highest BCUT2D eigenvalue weighted by molar-refractivity contribution is 5.92. The zero-order valence-electron chi connectivity index (χ0n) is 13.1. The third kappa shape index (κ3) is 3.63. The first-order valence-corrected chi connectivity index (χ1v) is 7.27. The van der Waals surface area contributed by atoms with Crippen LogP contribution >= 0.6 is 0 Å². The highest BCUT2D eigenvalue weighted by Gasteiger charge is 2.12. The maximum absolute atomic E-state index is 11.7. The lowest BCUT2D eigenvalue weighted by molar-refractivity contribution is -0.384. The van der Waals surface area contributed by atoms with Crippen molar-refractivity contribution in [2.24, 2.45) is 5.10 Å².